The van der Waals surface area contributed by atoms with E-state index in [0.717, 1.165) is 64.2 Å². The molecule has 0 aromatic heterocycles. The van der Waals surface area contributed by atoms with E-state index < -0.39 is 6.10 Å². The molecule has 0 aromatic carbocycles. The van der Waals surface area contributed by atoms with Gasteiger partial charge in [-0.05, 0) is 83.5 Å². The fourth-order valence-electron chi connectivity index (χ4n) is 8.96. The minimum absolute atomic E-state index is 0.0915. The maximum absolute atomic E-state index is 12.9. The molecule has 0 fully saturated rings. The van der Waals surface area contributed by atoms with Crippen molar-refractivity contribution in [3.63, 3.8) is 0 Å². The number of rotatable bonds is 57. The van der Waals surface area contributed by atoms with Crippen molar-refractivity contribution in [2.24, 2.45) is 0 Å². The van der Waals surface area contributed by atoms with Gasteiger partial charge in [0.05, 0.1) is 0 Å². The van der Waals surface area contributed by atoms with E-state index in [0.29, 0.717) is 19.3 Å². The maximum atomic E-state index is 12.9. The number of esters is 3. The molecular formula is C67H118O6. The molecule has 0 aliphatic carbocycles. The standard InChI is InChI=1S/C67H118O6/c1-4-7-10-13-16-19-22-25-28-31-33-36-39-42-45-48-51-54-57-60-66(69)72-63-64(62-71-65(68)59-56-53-50-47-44-41-38-35-30-27-24-21-18-15-12-9-6-3)73-67(70)61-58-55-52-49-46-43-40-37-34-32-29-26-23-20-17-14-11-8-5-2/h16,18-19,21-22,25,27,30,38,41,47,50,64H,4-15,17,20,23-24,26,28-29,31-37,39-40,42-46,48-49,51-63H2,1-3H3/b19-16-,21-18-,25-22-,30-27-,41-38-,50-47-. The Balaban J connectivity index is 4.42. The summed E-state index contributed by atoms with van der Waals surface area (Å²) < 4.78 is 16.9. The van der Waals surface area contributed by atoms with Gasteiger partial charge in [0, 0.05) is 19.3 Å². The van der Waals surface area contributed by atoms with Gasteiger partial charge in [-0.25, -0.2) is 0 Å². The predicted octanol–water partition coefficient (Wildman–Crippen LogP) is 21.3. The molecular weight excluding hydrogens is 901 g/mol. The first-order valence-electron chi connectivity index (χ1n) is 31.5. The normalized spacial score (nSPS) is 12.5. The lowest BCUT2D eigenvalue weighted by molar-refractivity contribution is -0.167. The van der Waals surface area contributed by atoms with Gasteiger partial charge < -0.3 is 14.2 Å². The molecule has 0 radical (unpaired) electrons. The van der Waals surface area contributed by atoms with Crippen LogP contribution in [0.2, 0.25) is 0 Å². The zero-order valence-corrected chi connectivity index (χ0v) is 48.4. The molecule has 1 unspecified atom stereocenters. The van der Waals surface area contributed by atoms with E-state index in [1.54, 1.807) is 0 Å². The van der Waals surface area contributed by atoms with Crippen LogP contribution in [0.15, 0.2) is 72.9 Å². The number of allylic oxidation sites excluding steroid dienone is 12. The summed E-state index contributed by atoms with van der Waals surface area (Å²) in [5, 5.41) is 0. The largest absolute Gasteiger partial charge is 0.462 e. The number of hydrogen-bond donors (Lipinski definition) is 0. The molecule has 6 heteroatoms. The first-order chi connectivity index (χ1) is 36.0. The number of hydrogen-bond acceptors (Lipinski definition) is 6. The smallest absolute Gasteiger partial charge is 0.306 e. The van der Waals surface area contributed by atoms with E-state index in [-0.39, 0.29) is 37.5 Å². The maximum Gasteiger partial charge on any atom is 0.306 e. The number of carbonyl (C=O) groups is 3. The SMILES string of the molecule is CCCCC/C=C\C=C/CCCCCCCCCCCCC(=O)OCC(COC(=O)CCC/C=C\C/C=C\C/C=C\C/C=C\CCCCC)OC(=O)CCCCCCCCCCCCCCCCCCCCC. The molecule has 6 nitrogen and oxygen atoms in total. The van der Waals surface area contributed by atoms with Crippen LogP contribution in [0.25, 0.3) is 0 Å². The molecule has 0 saturated carbocycles. The topological polar surface area (TPSA) is 78.9 Å². The zero-order chi connectivity index (χ0) is 52.9. The van der Waals surface area contributed by atoms with Gasteiger partial charge in [-0.1, -0.05) is 286 Å². The Labute approximate surface area is 453 Å². The number of carbonyl (C=O) groups excluding carboxylic acids is 3. The van der Waals surface area contributed by atoms with Crippen LogP contribution in [0, 0.1) is 0 Å². The number of unbranched alkanes of at least 4 members (excludes halogenated alkanes) is 35. The third kappa shape index (κ3) is 59.6. The van der Waals surface area contributed by atoms with E-state index in [1.165, 1.54) is 205 Å². The Morgan fingerprint density at radius 1 is 0.288 bits per heavy atom. The van der Waals surface area contributed by atoms with Gasteiger partial charge in [0.1, 0.15) is 13.2 Å². The molecule has 0 spiro atoms. The first kappa shape index (κ1) is 69.8. The molecule has 0 saturated heterocycles. The molecule has 0 aliphatic rings. The van der Waals surface area contributed by atoms with Crippen LogP contribution < -0.4 is 0 Å². The van der Waals surface area contributed by atoms with Gasteiger partial charge in [-0.3, -0.25) is 14.4 Å². The highest BCUT2D eigenvalue weighted by Crippen LogP contribution is 2.17. The lowest BCUT2D eigenvalue weighted by atomic mass is 10.0. The highest BCUT2D eigenvalue weighted by molar-refractivity contribution is 5.71. The van der Waals surface area contributed by atoms with Crippen LogP contribution in [0.3, 0.4) is 0 Å². The number of ether oxygens (including phenoxy) is 3. The third-order valence-corrected chi connectivity index (χ3v) is 13.7. The molecule has 0 heterocycles. The Kier molecular flexibility index (Phi) is 58.7. The van der Waals surface area contributed by atoms with Gasteiger partial charge >= 0.3 is 17.9 Å². The molecule has 0 rings (SSSR count). The molecule has 0 aromatic rings. The van der Waals surface area contributed by atoms with Crippen molar-refractivity contribution in [3.05, 3.63) is 72.9 Å². The Morgan fingerprint density at radius 3 is 0.932 bits per heavy atom. The van der Waals surface area contributed by atoms with Gasteiger partial charge in [0.2, 0.25) is 0 Å². The average molecular weight is 1020 g/mol. The van der Waals surface area contributed by atoms with Crippen molar-refractivity contribution < 1.29 is 28.6 Å². The second-order valence-corrected chi connectivity index (χ2v) is 21.0. The van der Waals surface area contributed by atoms with Crippen LogP contribution in [-0.2, 0) is 28.6 Å². The average Bonchev–Trinajstić information content (AvgIpc) is 3.39. The van der Waals surface area contributed by atoms with Crippen LogP contribution >= 0.6 is 0 Å². The molecule has 1 atom stereocenters. The van der Waals surface area contributed by atoms with Crippen LogP contribution in [0.4, 0.5) is 0 Å². The Bertz CT molecular complexity index is 1360. The van der Waals surface area contributed by atoms with E-state index in [2.05, 4.69) is 93.7 Å². The van der Waals surface area contributed by atoms with Gasteiger partial charge in [-0.15, -0.1) is 0 Å². The van der Waals surface area contributed by atoms with Crippen molar-refractivity contribution in [2.45, 2.75) is 322 Å². The summed E-state index contributed by atoms with van der Waals surface area (Å²) >= 11 is 0. The summed E-state index contributed by atoms with van der Waals surface area (Å²) in [6.07, 6.45) is 79.0. The van der Waals surface area contributed by atoms with E-state index in [9.17, 15) is 14.4 Å². The van der Waals surface area contributed by atoms with Gasteiger partial charge in [-0.2, -0.15) is 0 Å². The van der Waals surface area contributed by atoms with Crippen LogP contribution in [0.1, 0.15) is 316 Å². The minimum atomic E-state index is -0.798. The second-order valence-electron chi connectivity index (χ2n) is 21.0. The van der Waals surface area contributed by atoms with Gasteiger partial charge in [0.25, 0.3) is 0 Å². The van der Waals surface area contributed by atoms with Crippen LogP contribution in [0.5, 0.6) is 0 Å². The van der Waals surface area contributed by atoms with Crippen LogP contribution in [-0.4, -0.2) is 37.2 Å². The van der Waals surface area contributed by atoms with Crippen molar-refractivity contribution in [1.29, 1.82) is 0 Å². The van der Waals surface area contributed by atoms with Crippen molar-refractivity contribution in [1.82, 2.24) is 0 Å². The van der Waals surface area contributed by atoms with Crippen molar-refractivity contribution >= 4 is 17.9 Å². The summed E-state index contributed by atoms with van der Waals surface area (Å²) in [5.74, 6) is -0.937. The lowest BCUT2D eigenvalue weighted by Gasteiger charge is -2.18. The second kappa shape index (κ2) is 61.4. The molecule has 0 N–H and O–H groups in total. The predicted molar refractivity (Wildman–Crippen MR) is 316 cm³/mol. The molecule has 0 aliphatic heterocycles. The molecule has 422 valence electrons. The summed E-state index contributed by atoms with van der Waals surface area (Å²) in [6.45, 7) is 6.58. The van der Waals surface area contributed by atoms with E-state index in [4.69, 9.17) is 14.2 Å². The molecule has 73 heavy (non-hydrogen) atoms. The summed E-state index contributed by atoms with van der Waals surface area (Å²) in [7, 11) is 0. The summed E-state index contributed by atoms with van der Waals surface area (Å²) in [6, 6.07) is 0. The van der Waals surface area contributed by atoms with Gasteiger partial charge in [0.15, 0.2) is 6.10 Å². The highest BCUT2D eigenvalue weighted by atomic mass is 16.6. The third-order valence-electron chi connectivity index (χ3n) is 13.7. The quantitative estimate of drug-likeness (QED) is 0.0199. The van der Waals surface area contributed by atoms with E-state index >= 15 is 0 Å². The summed E-state index contributed by atoms with van der Waals surface area (Å²) in [4.78, 5) is 38.3. The molecule has 0 bridgehead atoms. The monoisotopic (exact) mass is 1020 g/mol. The summed E-state index contributed by atoms with van der Waals surface area (Å²) in [5.41, 5.74) is 0. The highest BCUT2D eigenvalue weighted by Gasteiger charge is 2.19. The zero-order valence-electron chi connectivity index (χ0n) is 48.4. The van der Waals surface area contributed by atoms with Crippen molar-refractivity contribution in [3.8, 4) is 0 Å². The lowest BCUT2D eigenvalue weighted by Crippen LogP contribution is -2.30. The molecule has 0 amide bonds. The first-order valence-corrected chi connectivity index (χ1v) is 31.5. The Morgan fingerprint density at radius 2 is 0.548 bits per heavy atom. The van der Waals surface area contributed by atoms with Crippen molar-refractivity contribution in [2.75, 3.05) is 13.2 Å². The Hall–Kier alpha value is -3.15. The minimum Gasteiger partial charge on any atom is -0.462 e. The van der Waals surface area contributed by atoms with E-state index in [1.807, 2.05) is 0 Å². The fraction of sp³-hybridized carbons (Fsp3) is 0.776. The fourth-order valence-corrected chi connectivity index (χ4v) is 8.96.